The van der Waals surface area contributed by atoms with Crippen LogP contribution in [0.25, 0.3) is 0 Å². The normalized spacial score (nSPS) is 18.6. The van der Waals surface area contributed by atoms with Crippen LogP contribution < -0.4 is 5.32 Å². The van der Waals surface area contributed by atoms with Crippen molar-refractivity contribution < 1.29 is 0 Å². The number of hydrogen-bond acceptors (Lipinski definition) is 1. The van der Waals surface area contributed by atoms with E-state index in [0.717, 1.165) is 11.8 Å². The fraction of sp³-hybridized carbons (Fsp3) is 1.00. The van der Waals surface area contributed by atoms with Crippen molar-refractivity contribution in [3.05, 3.63) is 0 Å². The molecule has 14 heavy (non-hydrogen) atoms. The quantitative estimate of drug-likeness (QED) is 0.643. The molecule has 0 unspecified atom stereocenters. The molecule has 1 rings (SSSR count). The highest BCUT2D eigenvalue weighted by atomic mass is 14.9. The number of nitrogens with one attached hydrogen (secondary N) is 1. The summed E-state index contributed by atoms with van der Waals surface area (Å²) in [7, 11) is 0. The minimum Gasteiger partial charge on any atom is -0.316 e. The zero-order chi connectivity index (χ0) is 10.6. The Morgan fingerprint density at radius 1 is 1.29 bits per heavy atom. The van der Waals surface area contributed by atoms with Crippen LogP contribution in [0.2, 0.25) is 0 Å². The number of rotatable bonds is 6. The molecule has 0 heterocycles. The second-order valence-electron chi connectivity index (χ2n) is 5.96. The molecule has 1 aliphatic rings. The van der Waals surface area contributed by atoms with Crippen LogP contribution in [0.5, 0.6) is 0 Å². The predicted octanol–water partition coefficient (Wildman–Crippen LogP) is 3.45. The van der Waals surface area contributed by atoms with E-state index in [4.69, 9.17) is 0 Å². The Labute approximate surface area is 89.7 Å². The van der Waals surface area contributed by atoms with Gasteiger partial charge in [-0.1, -0.05) is 34.1 Å². The summed E-state index contributed by atoms with van der Waals surface area (Å²) in [6.07, 6.45) is 5.74. The van der Waals surface area contributed by atoms with Crippen molar-refractivity contribution in [2.24, 2.45) is 17.3 Å². The summed E-state index contributed by atoms with van der Waals surface area (Å²) in [4.78, 5) is 0. The lowest BCUT2D eigenvalue weighted by Gasteiger charge is -2.40. The second kappa shape index (κ2) is 5.16. The molecule has 0 aliphatic heterocycles. The summed E-state index contributed by atoms with van der Waals surface area (Å²) in [5.41, 5.74) is 0.572. The SMILES string of the molecule is CC(C)CNCCC(C)(C)C1CCC1. The van der Waals surface area contributed by atoms with Crippen LogP contribution in [0.15, 0.2) is 0 Å². The van der Waals surface area contributed by atoms with Crippen molar-refractivity contribution in [1.82, 2.24) is 5.32 Å². The summed E-state index contributed by atoms with van der Waals surface area (Å²) in [6, 6.07) is 0. The van der Waals surface area contributed by atoms with Crippen LogP contribution in [0.1, 0.15) is 53.4 Å². The molecule has 0 radical (unpaired) electrons. The van der Waals surface area contributed by atoms with E-state index in [1.807, 2.05) is 0 Å². The van der Waals surface area contributed by atoms with E-state index < -0.39 is 0 Å². The van der Waals surface area contributed by atoms with Gasteiger partial charge in [-0.2, -0.15) is 0 Å². The van der Waals surface area contributed by atoms with Gasteiger partial charge in [-0.25, -0.2) is 0 Å². The first-order chi connectivity index (χ1) is 6.52. The van der Waals surface area contributed by atoms with Gasteiger partial charge >= 0.3 is 0 Å². The molecular formula is C13H27N. The molecule has 0 aromatic rings. The average Bonchev–Trinajstić information content (AvgIpc) is 1.93. The van der Waals surface area contributed by atoms with Gasteiger partial charge < -0.3 is 5.32 Å². The van der Waals surface area contributed by atoms with E-state index in [1.165, 1.54) is 38.8 Å². The van der Waals surface area contributed by atoms with Gasteiger partial charge in [-0.3, -0.25) is 0 Å². The van der Waals surface area contributed by atoms with Crippen molar-refractivity contribution in [2.75, 3.05) is 13.1 Å². The van der Waals surface area contributed by atoms with Gasteiger partial charge in [0.1, 0.15) is 0 Å². The van der Waals surface area contributed by atoms with Crippen LogP contribution in [0, 0.1) is 17.3 Å². The molecule has 1 saturated carbocycles. The van der Waals surface area contributed by atoms with E-state index in [9.17, 15) is 0 Å². The topological polar surface area (TPSA) is 12.0 Å². The maximum Gasteiger partial charge on any atom is -0.00258 e. The molecular weight excluding hydrogens is 170 g/mol. The lowest BCUT2D eigenvalue weighted by molar-refractivity contribution is 0.110. The second-order valence-corrected chi connectivity index (χ2v) is 5.96. The van der Waals surface area contributed by atoms with Crippen molar-refractivity contribution in [3.8, 4) is 0 Å². The molecule has 84 valence electrons. The molecule has 1 nitrogen and oxygen atoms in total. The first-order valence-corrected chi connectivity index (χ1v) is 6.23. The first kappa shape index (κ1) is 12.0. The zero-order valence-corrected chi connectivity index (χ0v) is 10.4. The Hall–Kier alpha value is -0.0400. The van der Waals surface area contributed by atoms with Gasteiger partial charge in [0.15, 0.2) is 0 Å². The van der Waals surface area contributed by atoms with Crippen molar-refractivity contribution in [2.45, 2.75) is 53.4 Å². The Kier molecular flexibility index (Phi) is 4.43. The average molecular weight is 197 g/mol. The Morgan fingerprint density at radius 2 is 1.93 bits per heavy atom. The smallest absolute Gasteiger partial charge is 0.00258 e. The van der Waals surface area contributed by atoms with Gasteiger partial charge in [0.25, 0.3) is 0 Å². The molecule has 1 heteroatoms. The lowest BCUT2D eigenvalue weighted by Crippen LogP contribution is -2.33. The minimum absolute atomic E-state index is 0.572. The Morgan fingerprint density at radius 3 is 2.36 bits per heavy atom. The van der Waals surface area contributed by atoms with E-state index in [1.54, 1.807) is 0 Å². The van der Waals surface area contributed by atoms with Gasteiger partial charge in [0, 0.05) is 0 Å². The van der Waals surface area contributed by atoms with Gasteiger partial charge in [0.05, 0.1) is 0 Å². The van der Waals surface area contributed by atoms with E-state index >= 15 is 0 Å². The largest absolute Gasteiger partial charge is 0.316 e. The van der Waals surface area contributed by atoms with Crippen LogP contribution in [-0.2, 0) is 0 Å². The molecule has 1 fully saturated rings. The third-order valence-corrected chi connectivity index (χ3v) is 3.71. The lowest BCUT2D eigenvalue weighted by atomic mass is 9.66. The maximum atomic E-state index is 3.54. The predicted molar refractivity (Wildman–Crippen MR) is 63.4 cm³/mol. The Balaban J connectivity index is 2.09. The fourth-order valence-electron chi connectivity index (χ4n) is 2.20. The van der Waals surface area contributed by atoms with Gasteiger partial charge in [-0.05, 0) is 49.6 Å². The van der Waals surface area contributed by atoms with Crippen LogP contribution in [-0.4, -0.2) is 13.1 Å². The highest BCUT2D eigenvalue weighted by Crippen LogP contribution is 2.43. The molecule has 0 spiro atoms. The summed E-state index contributed by atoms with van der Waals surface area (Å²) in [6.45, 7) is 11.8. The van der Waals surface area contributed by atoms with Crippen LogP contribution in [0.4, 0.5) is 0 Å². The maximum absolute atomic E-state index is 3.54. The monoisotopic (exact) mass is 197 g/mol. The third kappa shape index (κ3) is 3.61. The van der Waals surface area contributed by atoms with E-state index in [0.29, 0.717) is 5.41 Å². The zero-order valence-electron chi connectivity index (χ0n) is 10.4. The molecule has 1 N–H and O–H groups in total. The minimum atomic E-state index is 0.572. The van der Waals surface area contributed by atoms with Crippen molar-refractivity contribution in [1.29, 1.82) is 0 Å². The molecule has 0 bridgehead atoms. The number of hydrogen-bond donors (Lipinski definition) is 1. The highest BCUT2D eigenvalue weighted by molar-refractivity contribution is 4.84. The summed E-state index contributed by atoms with van der Waals surface area (Å²) in [5, 5.41) is 3.54. The van der Waals surface area contributed by atoms with Gasteiger partial charge in [0.2, 0.25) is 0 Å². The summed E-state index contributed by atoms with van der Waals surface area (Å²) < 4.78 is 0. The third-order valence-electron chi connectivity index (χ3n) is 3.71. The Bertz CT molecular complexity index is 157. The van der Waals surface area contributed by atoms with Crippen LogP contribution >= 0.6 is 0 Å². The molecule has 0 aromatic carbocycles. The van der Waals surface area contributed by atoms with Crippen molar-refractivity contribution in [3.63, 3.8) is 0 Å². The van der Waals surface area contributed by atoms with Crippen LogP contribution in [0.3, 0.4) is 0 Å². The van der Waals surface area contributed by atoms with Gasteiger partial charge in [-0.15, -0.1) is 0 Å². The summed E-state index contributed by atoms with van der Waals surface area (Å²) in [5.74, 6) is 1.78. The molecule has 0 amide bonds. The van der Waals surface area contributed by atoms with E-state index in [2.05, 4.69) is 33.0 Å². The molecule has 0 saturated heterocycles. The molecule has 0 aromatic heterocycles. The highest BCUT2D eigenvalue weighted by Gasteiger charge is 2.32. The van der Waals surface area contributed by atoms with E-state index in [-0.39, 0.29) is 0 Å². The first-order valence-electron chi connectivity index (χ1n) is 6.23. The molecule has 1 aliphatic carbocycles. The standard InChI is InChI=1S/C13H27N/c1-11(2)10-14-9-8-13(3,4)12-6-5-7-12/h11-12,14H,5-10H2,1-4H3. The molecule has 0 atom stereocenters. The fourth-order valence-corrected chi connectivity index (χ4v) is 2.20. The van der Waals surface area contributed by atoms with Crippen molar-refractivity contribution >= 4 is 0 Å². The summed E-state index contributed by atoms with van der Waals surface area (Å²) >= 11 is 0.